The highest BCUT2D eigenvalue weighted by Crippen LogP contribution is 2.22. The van der Waals surface area contributed by atoms with Crippen molar-refractivity contribution in [3.63, 3.8) is 0 Å². The van der Waals surface area contributed by atoms with Crippen molar-refractivity contribution in [3.8, 4) is 0 Å². The lowest BCUT2D eigenvalue weighted by atomic mass is 10.2. The van der Waals surface area contributed by atoms with Crippen molar-refractivity contribution in [1.29, 1.82) is 0 Å². The van der Waals surface area contributed by atoms with Gasteiger partial charge in [-0.3, -0.25) is 4.79 Å². The van der Waals surface area contributed by atoms with Crippen molar-refractivity contribution < 1.29 is 4.79 Å². The van der Waals surface area contributed by atoms with Crippen LogP contribution in [0.1, 0.15) is 10.4 Å². The molecule has 0 fully saturated rings. The lowest BCUT2D eigenvalue weighted by molar-refractivity contribution is 0.100. The first-order chi connectivity index (χ1) is 7.00. The molecule has 0 aliphatic rings. The summed E-state index contributed by atoms with van der Waals surface area (Å²) in [4.78, 5) is 16.9. The normalized spacial score (nSPS) is 10.7. The molecule has 1 rings (SSSR count). The van der Waals surface area contributed by atoms with Crippen molar-refractivity contribution in [3.05, 3.63) is 33.8 Å². The number of amides is 1. The molecule has 0 bridgehead atoms. The van der Waals surface area contributed by atoms with E-state index in [1.54, 1.807) is 31.1 Å². The van der Waals surface area contributed by atoms with Gasteiger partial charge in [-0.05, 0) is 18.2 Å². The fraction of sp³-hybridized carbons (Fsp3) is 0.200. The Kier molecular flexibility index (Phi) is 4.12. The maximum atomic E-state index is 11.5. The van der Waals surface area contributed by atoms with Gasteiger partial charge in [0.15, 0.2) is 0 Å². The molecule has 0 heterocycles. The molecule has 0 radical (unpaired) electrons. The molecule has 0 aliphatic carbocycles. The van der Waals surface area contributed by atoms with Crippen LogP contribution in [0, 0.1) is 0 Å². The number of rotatable bonds is 2. The molecule has 1 aromatic carbocycles. The monoisotopic (exact) mass is 244 g/mol. The predicted molar refractivity (Wildman–Crippen MR) is 63.0 cm³/mol. The number of benzene rings is 1. The fourth-order valence-corrected chi connectivity index (χ4v) is 1.17. The van der Waals surface area contributed by atoms with Crippen LogP contribution in [0.15, 0.2) is 23.2 Å². The summed E-state index contributed by atoms with van der Waals surface area (Å²) in [5, 5.41) is 0.771. The quantitative estimate of drug-likeness (QED) is 0.592. The van der Waals surface area contributed by atoms with E-state index in [1.165, 1.54) is 12.4 Å². The van der Waals surface area contributed by atoms with Crippen LogP contribution >= 0.6 is 23.2 Å². The third-order valence-corrected chi connectivity index (χ3v) is 2.31. The molecule has 5 heteroatoms. The van der Waals surface area contributed by atoms with Gasteiger partial charge in [0, 0.05) is 19.7 Å². The largest absolute Gasteiger partial charge is 0.369 e. The summed E-state index contributed by atoms with van der Waals surface area (Å²) in [7, 11) is 3.57. The lowest BCUT2D eigenvalue weighted by Crippen LogP contribution is -2.09. The second-order valence-corrected chi connectivity index (χ2v) is 3.96. The molecule has 0 saturated heterocycles. The van der Waals surface area contributed by atoms with Gasteiger partial charge in [0.1, 0.15) is 0 Å². The summed E-state index contributed by atoms with van der Waals surface area (Å²) in [5.41, 5.74) is 0.419. The number of aliphatic imine (C=N–C) groups is 1. The zero-order valence-corrected chi connectivity index (χ0v) is 9.88. The van der Waals surface area contributed by atoms with Gasteiger partial charge in [-0.15, -0.1) is 0 Å². The van der Waals surface area contributed by atoms with Gasteiger partial charge in [-0.25, -0.2) is 0 Å². The molecule has 0 aromatic heterocycles. The van der Waals surface area contributed by atoms with Crippen LogP contribution in [0.2, 0.25) is 10.0 Å². The Hall–Kier alpha value is -1.06. The molecule has 0 unspecified atom stereocenters. The predicted octanol–water partition coefficient (Wildman–Crippen LogP) is 2.72. The Morgan fingerprint density at radius 2 is 2.00 bits per heavy atom. The van der Waals surface area contributed by atoms with Gasteiger partial charge in [0.05, 0.1) is 16.4 Å². The average Bonchev–Trinajstić information content (AvgIpc) is 2.18. The Labute approximate surface area is 98.3 Å². The molecule has 0 spiro atoms. The molecule has 3 nitrogen and oxygen atoms in total. The third-order valence-electron chi connectivity index (χ3n) is 1.57. The smallest absolute Gasteiger partial charge is 0.278 e. The Balaban J connectivity index is 2.88. The van der Waals surface area contributed by atoms with Gasteiger partial charge in [-0.2, -0.15) is 4.99 Å². The van der Waals surface area contributed by atoms with Crippen molar-refractivity contribution in [2.24, 2.45) is 4.99 Å². The van der Waals surface area contributed by atoms with E-state index >= 15 is 0 Å². The number of nitrogens with zero attached hydrogens (tertiary/aromatic N) is 2. The SMILES string of the molecule is CN(C)C=NC(=O)c1ccc(Cl)c(Cl)c1. The molecule has 1 amide bonds. The van der Waals surface area contributed by atoms with Gasteiger partial charge >= 0.3 is 0 Å². The number of hydrogen-bond acceptors (Lipinski definition) is 1. The Bertz CT molecular complexity index is 402. The number of carbonyl (C=O) groups is 1. The maximum Gasteiger partial charge on any atom is 0.278 e. The van der Waals surface area contributed by atoms with E-state index < -0.39 is 0 Å². The second kappa shape index (κ2) is 5.14. The van der Waals surface area contributed by atoms with Crippen molar-refractivity contribution in [2.75, 3.05) is 14.1 Å². The molecular weight excluding hydrogens is 235 g/mol. The van der Waals surface area contributed by atoms with E-state index in [0.717, 1.165) is 0 Å². The van der Waals surface area contributed by atoms with Crippen LogP contribution in [-0.4, -0.2) is 31.2 Å². The van der Waals surface area contributed by atoms with Crippen LogP contribution in [-0.2, 0) is 0 Å². The van der Waals surface area contributed by atoms with E-state index in [-0.39, 0.29) is 5.91 Å². The number of carbonyl (C=O) groups excluding carboxylic acids is 1. The van der Waals surface area contributed by atoms with Gasteiger partial charge in [0.2, 0.25) is 0 Å². The molecule has 0 aliphatic heterocycles. The third kappa shape index (κ3) is 3.53. The minimum absolute atomic E-state index is 0.345. The summed E-state index contributed by atoms with van der Waals surface area (Å²) >= 11 is 11.5. The van der Waals surface area contributed by atoms with E-state index in [1.807, 2.05) is 0 Å². The van der Waals surface area contributed by atoms with Crippen molar-refractivity contribution >= 4 is 35.4 Å². The van der Waals surface area contributed by atoms with E-state index in [4.69, 9.17) is 23.2 Å². The Morgan fingerprint density at radius 1 is 1.33 bits per heavy atom. The molecule has 15 heavy (non-hydrogen) atoms. The molecule has 0 N–H and O–H groups in total. The summed E-state index contributed by atoms with van der Waals surface area (Å²) < 4.78 is 0. The first-order valence-electron chi connectivity index (χ1n) is 4.20. The van der Waals surface area contributed by atoms with Crippen LogP contribution < -0.4 is 0 Å². The summed E-state index contributed by atoms with van der Waals surface area (Å²) in [6, 6.07) is 4.66. The molecule has 0 atom stereocenters. The van der Waals surface area contributed by atoms with Crippen molar-refractivity contribution in [2.45, 2.75) is 0 Å². The van der Waals surface area contributed by atoms with E-state index in [9.17, 15) is 4.79 Å². The Morgan fingerprint density at radius 3 is 2.53 bits per heavy atom. The minimum Gasteiger partial charge on any atom is -0.369 e. The second-order valence-electron chi connectivity index (χ2n) is 3.14. The zero-order chi connectivity index (χ0) is 11.4. The van der Waals surface area contributed by atoms with Gasteiger partial charge in [0.25, 0.3) is 5.91 Å². The van der Waals surface area contributed by atoms with Crippen LogP contribution in [0.5, 0.6) is 0 Å². The zero-order valence-electron chi connectivity index (χ0n) is 8.37. The standard InChI is InChI=1S/C10H10Cl2N2O/c1-14(2)6-13-10(15)7-3-4-8(11)9(12)5-7/h3-6H,1-2H3. The molecule has 0 saturated carbocycles. The summed E-state index contributed by atoms with van der Waals surface area (Å²) in [5.74, 6) is -0.345. The van der Waals surface area contributed by atoms with Crippen molar-refractivity contribution in [1.82, 2.24) is 4.90 Å². The number of halogens is 2. The maximum absolute atomic E-state index is 11.5. The summed E-state index contributed by atoms with van der Waals surface area (Å²) in [6.45, 7) is 0. The molecule has 1 aromatic rings. The molecular formula is C10H10Cl2N2O. The van der Waals surface area contributed by atoms with E-state index in [0.29, 0.717) is 15.6 Å². The number of hydrogen-bond donors (Lipinski definition) is 0. The fourth-order valence-electron chi connectivity index (χ4n) is 0.872. The first-order valence-corrected chi connectivity index (χ1v) is 4.96. The van der Waals surface area contributed by atoms with Crippen LogP contribution in [0.3, 0.4) is 0 Å². The lowest BCUT2D eigenvalue weighted by Gasteiger charge is -2.02. The topological polar surface area (TPSA) is 32.7 Å². The highest BCUT2D eigenvalue weighted by molar-refractivity contribution is 6.42. The highest BCUT2D eigenvalue weighted by atomic mass is 35.5. The van der Waals surface area contributed by atoms with Crippen LogP contribution in [0.4, 0.5) is 0 Å². The highest BCUT2D eigenvalue weighted by Gasteiger charge is 2.05. The minimum atomic E-state index is -0.345. The average molecular weight is 245 g/mol. The van der Waals surface area contributed by atoms with Crippen LogP contribution in [0.25, 0.3) is 0 Å². The first kappa shape index (κ1) is 12.0. The summed E-state index contributed by atoms with van der Waals surface area (Å²) in [6.07, 6.45) is 1.44. The molecule has 80 valence electrons. The van der Waals surface area contributed by atoms with E-state index in [2.05, 4.69) is 4.99 Å². The van der Waals surface area contributed by atoms with Gasteiger partial charge in [-0.1, -0.05) is 23.2 Å². The van der Waals surface area contributed by atoms with Gasteiger partial charge < -0.3 is 4.90 Å².